The lowest BCUT2D eigenvalue weighted by atomic mass is 10.1. The predicted octanol–water partition coefficient (Wildman–Crippen LogP) is 4.35. The van der Waals surface area contributed by atoms with Crippen LogP contribution < -0.4 is 14.8 Å². The lowest BCUT2D eigenvalue weighted by molar-refractivity contribution is 0.310. The molecule has 0 aromatic heterocycles. The van der Waals surface area contributed by atoms with Gasteiger partial charge < -0.3 is 14.8 Å². The molecule has 4 heteroatoms. The Balaban J connectivity index is 2.03. The van der Waals surface area contributed by atoms with Crippen molar-refractivity contribution in [1.29, 1.82) is 0 Å². The number of nitrogens with one attached hydrogen (secondary N) is 1. The number of rotatable bonds is 7. The summed E-state index contributed by atoms with van der Waals surface area (Å²) >= 11 is 6.25. The largest absolute Gasteiger partial charge is 0.491 e. The Kier molecular flexibility index (Phi) is 6.10. The minimum Gasteiger partial charge on any atom is -0.491 e. The number of ether oxygens (including phenoxy) is 2. The zero-order chi connectivity index (χ0) is 15.9. The molecule has 22 heavy (non-hydrogen) atoms. The molecule has 0 amide bonds. The second-order valence-corrected chi connectivity index (χ2v) is 5.54. The van der Waals surface area contributed by atoms with Crippen molar-refractivity contribution in [3.63, 3.8) is 0 Å². The summed E-state index contributed by atoms with van der Waals surface area (Å²) in [4.78, 5) is 0. The molecule has 0 aliphatic heterocycles. The highest BCUT2D eigenvalue weighted by Gasteiger charge is 2.11. The smallest absolute Gasteiger partial charge is 0.179 e. The summed E-state index contributed by atoms with van der Waals surface area (Å²) in [5.74, 6) is 1.27. The maximum Gasteiger partial charge on any atom is 0.179 e. The Labute approximate surface area is 137 Å². The van der Waals surface area contributed by atoms with E-state index in [1.54, 1.807) is 7.11 Å². The molecule has 0 aliphatic rings. The van der Waals surface area contributed by atoms with Crippen LogP contribution in [0.4, 0.5) is 0 Å². The summed E-state index contributed by atoms with van der Waals surface area (Å²) in [6, 6.07) is 12.3. The van der Waals surface area contributed by atoms with Crippen molar-refractivity contribution in [2.75, 3.05) is 13.7 Å². The van der Waals surface area contributed by atoms with Crippen molar-refractivity contribution in [2.24, 2.45) is 0 Å². The molecule has 2 rings (SSSR count). The van der Waals surface area contributed by atoms with Crippen LogP contribution >= 0.6 is 11.6 Å². The molecule has 0 unspecified atom stereocenters. The number of hydrogen-bond donors (Lipinski definition) is 1. The predicted molar refractivity (Wildman–Crippen MR) is 90.9 cm³/mol. The van der Waals surface area contributed by atoms with Gasteiger partial charge in [0, 0.05) is 13.1 Å². The van der Waals surface area contributed by atoms with Gasteiger partial charge in [-0.2, -0.15) is 0 Å². The second kappa shape index (κ2) is 8.06. The zero-order valence-corrected chi connectivity index (χ0v) is 14.0. The first-order chi connectivity index (χ1) is 10.6. The van der Waals surface area contributed by atoms with Crippen LogP contribution in [-0.4, -0.2) is 13.7 Å². The van der Waals surface area contributed by atoms with E-state index in [1.165, 1.54) is 11.1 Å². The molecular weight excluding hydrogens is 298 g/mol. The van der Waals surface area contributed by atoms with Gasteiger partial charge in [-0.15, -0.1) is 0 Å². The Hall–Kier alpha value is -1.71. The summed E-state index contributed by atoms with van der Waals surface area (Å²) in [6.45, 7) is 6.15. The fourth-order valence-electron chi connectivity index (χ4n) is 2.36. The number of hydrogen-bond acceptors (Lipinski definition) is 3. The number of halogens is 1. The quantitative estimate of drug-likeness (QED) is 0.823. The van der Waals surface area contributed by atoms with E-state index in [4.69, 9.17) is 21.1 Å². The molecular formula is C18H22ClNO2. The van der Waals surface area contributed by atoms with Crippen LogP contribution in [0.1, 0.15) is 23.6 Å². The third kappa shape index (κ3) is 4.39. The highest BCUT2D eigenvalue weighted by atomic mass is 35.5. The summed E-state index contributed by atoms with van der Waals surface area (Å²) in [5, 5.41) is 3.99. The van der Waals surface area contributed by atoms with Gasteiger partial charge in [0.1, 0.15) is 0 Å². The van der Waals surface area contributed by atoms with Crippen LogP contribution in [0.5, 0.6) is 11.5 Å². The molecule has 0 bridgehead atoms. The normalized spacial score (nSPS) is 10.5. The van der Waals surface area contributed by atoms with Gasteiger partial charge in [0.15, 0.2) is 11.5 Å². The van der Waals surface area contributed by atoms with E-state index >= 15 is 0 Å². The van der Waals surface area contributed by atoms with Crippen LogP contribution in [0.2, 0.25) is 5.02 Å². The van der Waals surface area contributed by atoms with E-state index in [0.29, 0.717) is 23.1 Å². The van der Waals surface area contributed by atoms with Crippen LogP contribution in [0.3, 0.4) is 0 Å². The van der Waals surface area contributed by atoms with Crippen molar-refractivity contribution in [3.8, 4) is 11.5 Å². The molecule has 0 heterocycles. The summed E-state index contributed by atoms with van der Waals surface area (Å²) in [6.07, 6.45) is 0. The molecule has 1 N–H and O–H groups in total. The monoisotopic (exact) mass is 319 g/mol. The van der Waals surface area contributed by atoms with Crippen molar-refractivity contribution in [1.82, 2.24) is 5.32 Å². The SMILES string of the molecule is CCOc1cc(CNCc2cccc(C)c2)cc(Cl)c1OC. The average molecular weight is 320 g/mol. The van der Waals surface area contributed by atoms with Crippen LogP contribution in [-0.2, 0) is 13.1 Å². The molecule has 3 nitrogen and oxygen atoms in total. The van der Waals surface area contributed by atoms with Gasteiger partial charge in [-0.1, -0.05) is 41.4 Å². The van der Waals surface area contributed by atoms with E-state index in [-0.39, 0.29) is 0 Å². The van der Waals surface area contributed by atoms with Crippen molar-refractivity contribution >= 4 is 11.6 Å². The fourth-order valence-corrected chi connectivity index (χ4v) is 2.67. The van der Waals surface area contributed by atoms with Gasteiger partial charge >= 0.3 is 0 Å². The minimum atomic E-state index is 0.570. The molecule has 0 radical (unpaired) electrons. The van der Waals surface area contributed by atoms with Gasteiger partial charge in [-0.25, -0.2) is 0 Å². The average Bonchev–Trinajstić information content (AvgIpc) is 2.47. The van der Waals surface area contributed by atoms with Crippen LogP contribution in [0, 0.1) is 6.92 Å². The molecule has 0 atom stereocenters. The van der Waals surface area contributed by atoms with E-state index < -0.39 is 0 Å². The first-order valence-corrected chi connectivity index (χ1v) is 7.77. The third-order valence-electron chi connectivity index (χ3n) is 3.31. The molecule has 2 aromatic carbocycles. The minimum absolute atomic E-state index is 0.570. The fraction of sp³-hybridized carbons (Fsp3) is 0.333. The van der Waals surface area contributed by atoms with Gasteiger partial charge in [-0.3, -0.25) is 0 Å². The van der Waals surface area contributed by atoms with Gasteiger partial charge in [0.2, 0.25) is 0 Å². The zero-order valence-electron chi connectivity index (χ0n) is 13.3. The van der Waals surface area contributed by atoms with Gasteiger partial charge in [-0.05, 0) is 37.1 Å². The Morgan fingerprint density at radius 2 is 1.86 bits per heavy atom. The molecule has 2 aromatic rings. The number of benzene rings is 2. The van der Waals surface area contributed by atoms with Crippen LogP contribution in [0.15, 0.2) is 36.4 Å². The molecule has 0 aliphatic carbocycles. The standard InChI is InChI=1S/C18H22ClNO2/c1-4-22-17-10-15(9-16(19)18(17)21-3)12-20-11-14-7-5-6-13(2)8-14/h5-10,20H,4,11-12H2,1-3H3. The molecule has 118 valence electrons. The molecule has 0 saturated carbocycles. The second-order valence-electron chi connectivity index (χ2n) is 5.13. The van der Waals surface area contributed by atoms with E-state index in [9.17, 15) is 0 Å². The summed E-state index contributed by atoms with van der Waals surface area (Å²) < 4.78 is 10.9. The summed E-state index contributed by atoms with van der Waals surface area (Å²) in [7, 11) is 1.60. The molecule has 0 saturated heterocycles. The molecule has 0 spiro atoms. The first kappa shape index (κ1) is 16.7. The lowest BCUT2D eigenvalue weighted by Crippen LogP contribution is -2.13. The third-order valence-corrected chi connectivity index (χ3v) is 3.59. The van der Waals surface area contributed by atoms with Crippen molar-refractivity contribution in [3.05, 3.63) is 58.1 Å². The van der Waals surface area contributed by atoms with E-state index in [0.717, 1.165) is 18.7 Å². The maximum atomic E-state index is 6.25. The Morgan fingerprint density at radius 3 is 2.55 bits per heavy atom. The van der Waals surface area contributed by atoms with E-state index in [2.05, 4.69) is 36.5 Å². The highest BCUT2D eigenvalue weighted by Crippen LogP contribution is 2.36. The molecule has 0 fully saturated rings. The lowest BCUT2D eigenvalue weighted by Gasteiger charge is -2.13. The van der Waals surface area contributed by atoms with Gasteiger partial charge in [0.05, 0.1) is 18.7 Å². The van der Waals surface area contributed by atoms with Gasteiger partial charge in [0.25, 0.3) is 0 Å². The van der Waals surface area contributed by atoms with Crippen LogP contribution in [0.25, 0.3) is 0 Å². The number of aryl methyl sites for hydroxylation is 1. The Morgan fingerprint density at radius 1 is 1.09 bits per heavy atom. The first-order valence-electron chi connectivity index (χ1n) is 7.39. The van der Waals surface area contributed by atoms with Crippen molar-refractivity contribution in [2.45, 2.75) is 26.9 Å². The maximum absolute atomic E-state index is 6.25. The van der Waals surface area contributed by atoms with E-state index in [1.807, 2.05) is 19.1 Å². The van der Waals surface area contributed by atoms with Crippen molar-refractivity contribution < 1.29 is 9.47 Å². The number of methoxy groups -OCH3 is 1. The Bertz CT molecular complexity index is 628. The summed E-state index contributed by atoms with van der Waals surface area (Å²) in [5.41, 5.74) is 3.61. The highest BCUT2D eigenvalue weighted by molar-refractivity contribution is 6.32. The topological polar surface area (TPSA) is 30.5 Å².